The first-order chi connectivity index (χ1) is 17.4. The molecule has 0 radical (unpaired) electrons. The number of fused-ring (bicyclic) bond motifs is 1. The molecule has 184 valence electrons. The van der Waals surface area contributed by atoms with Crippen LogP contribution in [0.1, 0.15) is 0 Å². The molecule has 0 unspecified atom stereocenters. The Kier molecular flexibility index (Phi) is 7.10. The van der Waals surface area contributed by atoms with Crippen LogP contribution in [0.25, 0.3) is 10.9 Å². The van der Waals surface area contributed by atoms with Crippen molar-refractivity contribution in [2.45, 2.75) is 0 Å². The number of amides is 4. The topological polar surface area (TPSA) is 111 Å². The second-order valence-corrected chi connectivity index (χ2v) is 7.29. The normalized spacial score (nSPS) is 10.4. The molecule has 4 rings (SSSR count). The van der Waals surface area contributed by atoms with Gasteiger partial charge in [-0.25, -0.2) is 18.4 Å². The monoisotopic (exact) mass is 494 g/mol. The zero-order valence-corrected chi connectivity index (χ0v) is 19.1. The van der Waals surface area contributed by atoms with Crippen LogP contribution in [0.15, 0.2) is 66.9 Å². The van der Waals surface area contributed by atoms with Gasteiger partial charge in [0.15, 0.2) is 0 Å². The number of pyridine rings is 1. The second-order valence-electron chi connectivity index (χ2n) is 7.29. The minimum Gasteiger partial charge on any atom is -0.497 e. The quantitative estimate of drug-likeness (QED) is 0.318. The summed E-state index contributed by atoms with van der Waals surface area (Å²) in [5.74, 6) is 0.121. The molecule has 0 bridgehead atoms. The third kappa shape index (κ3) is 5.41. The number of nitrogens with zero attached hydrogens (tertiary/aromatic N) is 1. The van der Waals surface area contributed by atoms with Gasteiger partial charge in [0.25, 0.3) is 0 Å². The lowest BCUT2D eigenvalue weighted by atomic mass is 10.1. The third-order valence-corrected chi connectivity index (χ3v) is 4.96. The number of hydrogen-bond donors (Lipinski definition) is 3. The summed E-state index contributed by atoms with van der Waals surface area (Å²) in [7, 11) is 3.08. The smallest absolute Gasteiger partial charge is 0.327 e. The van der Waals surface area contributed by atoms with Gasteiger partial charge in [-0.2, -0.15) is 0 Å². The van der Waals surface area contributed by atoms with E-state index in [4.69, 9.17) is 14.2 Å². The van der Waals surface area contributed by atoms with Crippen LogP contribution < -0.4 is 30.2 Å². The number of benzene rings is 3. The van der Waals surface area contributed by atoms with Gasteiger partial charge >= 0.3 is 12.1 Å². The highest BCUT2D eigenvalue weighted by Gasteiger charge is 2.15. The maximum absolute atomic E-state index is 13.6. The van der Waals surface area contributed by atoms with Crippen LogP contribution in [0.4, 0.5) is 29.7 Å². The van der Waals surface area contributed by atoms with Crippen LogP contribution in [0.5, 0.6) is 23.0 Å². The molecule has 0 aliphatic carbocycles. The molecule has 0 fully saturated rings. The van der Waals surface area contributed by atoms with E-state index in [0.29, 0.717) is 39.6 Å². The number of carbonyl (C=O) groups is 2. The summed E-state index contributed by atoms with van der Waals surface area (Å²) >= 11 is 0. The number of urea groups is 2. The molecule has 1 aromatic heterocycles. The van der Waals surface area contributed by atoms with Gasteiger partial charge in [0.2, 0.25) is 0 Å². The maximum atomic E-state index is 13.6. The van der Waals surface area contributed by atoms with E-state index < -0.39 is 29.4 Å². The number of anilines is 2. The Morgan fingerprint density at radius 1 is 0.806 bits per heavy atom. The number of ether oxygens (including phenoxy) is 3. The van der Waals surface area contributed by atoms with E-state index in [1.807, 2.05) is 10.6 Å². The summed E-state index contributed by atoms with van der Waals surface area (Å²) < 4.78 is 44.0. The maximum Gasteiger partial charge on any atom is 0.327 e. The lowest BCUT2D eigenvalue weighted by Gasteiger charge is -2.13. The first-order valence-corrected chi connectivity index (χ1v) is 10.5. The van der Waals surface area contributed by atoms with Crippen molar-refractivity contribution >= 4 is 34.3 Å². The lowest BCUT2D eigenvalue weighted by molar-refractivity contribution is 0.240. The summed E-state index contributed by atoms with van der Waals surface area (Å²) in [6.07, 6.45) is 1.59. The van der Waals surface area contributed by atoms with Gasteiger partial charge in [-0.05, 0) is 42.5 Å². The molecule has 4 amide bonds. The number of nitrogens with one attached hydrogen (secondary N) is 3. The number of para-hydroxylation sites is 1. The largest absolute Gasteiger partial charge is 0.497 e. The Bertz CT molecular complexity index is 1410. The number of imide groups is 1. The van der Waals surface area contributed by atoms with Crippen molar-refractivity contribution in [2.75, 3.05) is 24.9 Å². The van der Waals surface area contributed by atoms with Gasteiger partial charge in [0.05, 0.1) is 25.1 Å². The van der Waals surface area contributed by atoms with Gasteiger partial charge in [0, 0.05) is 24.0 Å². The first-order valence-electron chi connectivity index (χ1n) is 10.5. The Morgan fingerprint density at radius 3 is 2.17 bits per heavy atom. The zero-order valence-electron chi connectivity index (χ0n) is 19.1. The molecule has 3 aromatic carbocycles. The molecule has 3 N–H and O–H groups in total. The molecule has 0 aliphatic rings. The molecule has 4 aromatic rings. The summed E-state index contributed by atoms with van der Waals surface area (Å²) in [5, 5.41) is 6.98. The van der Waals surface area contributed by atoms with E-state index in [2.05, 4.69) is 10.3 Å². The predicted molar refractivity (Wildman–Crippen MR) is 129 cm³/mol. The Hall–Kier alpha value is -4.93. The Morgan fingerprint density at radius 2 is 1.50 bits per heavy atom. The van der Waals surface area contributed by atoms with E-state index in [-0.39, 0.29) is 0 Å². The minimum absolute atomic E-state index is 0.339. The van der Waals surface area contributed by atoms with Gasteiger partial charge in [-0.15, -0.1) is 0 Å². The fourth-order valence-corrected chi connectivity index (χ4v) is 3.32. The van der Waals surface area contributed by atoms with Gasteiger partial charge in [0.1, 0.15) is 40.3 Å². The highest BCUT2D eigenvalue weighted by molar-refractivity contribution is 6.05. The summed E-state index contributed by atoms with van der Waals surface area (Å²) in [4.78, 5) is 28.3. The lowest BCUT2D eigenvalue weighted by Crippen LogP contribution is -2.37. The van der Waals surface area contributed by atoms with Gasteiger partial charge < -0.3 is 24.8 Å². The van der Waals surface area contributed by atoms with E-state index in [0.717, 1.165) is 18.2 Å². The molecular formula is C25H20F2N4O5. The van der Waals surface area contributed by atoms with Crippen molar-refractivity contribution in [1.29, 1.82) is 0 Å². The van der Waals surface area contributed by atoms with Crippen molar-refractivity contribution in [2.24, 2.45) is 0 Å². The highest BCUT2D eigenvalue weighted by Crippen LogP contribution is 2.38. The van der Waals surface area contributed by atoms with Crippen LogP contribution in [0.3, 0.4) is 0 Å². The molecule has 1 heterocycles. The van der Waals surface area contributed by atoms with E-state index >= 15 is 0 Å². The molecule has 0 atom stereocenters. The standard InChI is InChI=1S/C25H20F2N4O5/c1-34-16-12-19-22(21(13-16)35-2)20(10-11-28-19)36-15-8-6-14(7-9-15)29-24(32)31-25(33)30-23-17(26)4-3-5-18(23)27/h3-13H,1-2H3,(H3,29,30,31,32,33). The Labute approximate surface area is 204 Å². The summed E-state index contributed by atoms with van der Waals surface area (Å²) in [6, 6.07) is 12.6. The first kappa shape index (κ1) is 24.2. The van der Waals surface area contributed by atoms with Crippen LogP contribution in [-0.2, 0) is 0 Å². The minimum atomic E-state index is -1.11. The molecule has 0 spiro atoms. The number of methoxy groups -OCH3 is 2. The number of hydrogen-bond acceptors (Lipinski definition) is 6. The van der Waals surface area contributed by atoms with Crippen LogP contribution >= 0.6 is 0 Å². The Balaban J connectivity index is 1.41. The van der Waals surface area contributed by atoms with E-state index in [1.165, 1.54) is 7.11 Å². The van der Waals surface area contributed by atoms with Crippen LogP contribution in [-0.4, -0.2) is 31.3 Å². The predicted octanol–water partition coefficient (Wildman–Crippen LogP) is 5.68. The number of carbonyl (C=O) groups excluding carboxylic acids is 2. The SMILES string of the molecule is COc1cc(OC)c2c(Oc3ccc(NC(=O)NC(=O)Nc4c(F)cccc4F)cc3)ccnc2c1. The fraction of sp³-hybridized carbons (Fsp3) is 0.0800. The van der Waals surface area contributed by atoms with Gasteiger partial charge in [-0.1, -0.05) is 6.07 Å². The summed E-state index contributed by atoms with van der Waals surface area (Å²) in [6.45, 7) is 0. The molecule has 11 heteroatoms. The van der Waals surface area contributed by atoms with Crippen molar-refractivity contribution in [1.82, 2.24) is 10.3 Å². The van der Waals surface area contributed by atoms with E-state index in [1.54, 1.807) is 55.8 Å². The highest BCUT2D eigenvalue weighted by atomic mass is 19.1. The van der Waals surface area contributed by atoms with Crippen molar-refractivity contribution < 1.29 is 32.6 Å². The van der Waals surface area contributed by atoms with Gasteiger partial charge in [-0.3, -0.25) is 10.3 Å². The molecule has 0 saturated carbocycles. The average molecular weight is 494 g/mol. The number of halogens is 2. The van der Waals surface area contributed by atoms with Crippen molar-refractivity contribution in [3.8, 4) is 23.0 Å². The summed E-state index contributed by atoms with van der Waals surface area (Å²) in [5.41, 5.74) is 0.293. The van der Waals surface area contributed by atoms with E-state index in [9.17, 15) is 18.4 Å². The molecule has 36 heavy (non-hydrogen) atoms. The second kappa shape index (κ2) is 10.6. The average Bonchev–Trinajstić information content (AvgIpc) is 2.86. The van der Waals surface area contributed by atoms with Crippen molar-refractivity contribution in [3.63, 3.8) is 0 Å². The molecule has 0 aliphatic heterocycles. The number of rotatable bonds is 6. The molecule has 0 saturated heterocycles. The molecule has 9 nitrogen and oxygen atoms in total. The van der Waals surface area contributed by atoms with Crippen molar-refractivity contribution in [3.05, 3.63) is 78.5 Å². The number of aromatic nitrogens is 1. The van der Waals surface area contributed by atoms with Crippen LogP contribution in [0.2, 0.25) is 0 Å². The van der Waals surface area contributed by atoms with Crippen LogP contribution in [0, 0.1) is 11.6 Å². The fourth-order valence-electron chi connectivity index (χ4n) is 3.32. The zero-order chi connectivity index (χ0) is 25.7. The third-order valence-electron chi connectivity index (χ3n) is 4.96. The molecular weight excluding hydrogens is 474 g/mol.